The molecule has 0 fully saturated rings. The highest BCUT2D eigenvalue weighted by molar-refractivity contribution is 5.94. The Bertz CT molecular complexity index is 415. The van der Waals surface area contributed by atoms with Gasteiger partial charge in [0.1, 0.15) is 0 Å². The number of unbranched alkanes of at least 4 members (excludes halogenated alkanes) is 3. The van der Waals surface area contributed by atoms with Crippen LogP contribution in [0.15, 0.2) is 24.3 Å². The summed E-state index contributed by atoms with van der Waals surface area (Å²) in [7, 11) is 0. The van der Waals surface area contributed by atoms with E-state index in [0.29, 0.717) is 6.54 Å². The summed E-state index contributed by atoms with van der Waals surface area (Å²) in [6.45, 7) is 2.58. The summed E-state index contributed by atoms with van der Waals surface area (Å²) < 4.78 is 37.5. The minimum atomic E-state index is -4.42. The quantitative estimate of drug-likeness (QED) is 0.779. The molecule has 0 saturated carbocycles. The Hall–Kier alpha value is -1.52. The van der Waals surface area contributed by atoms with E-state index in [9.17, 15) is 18.0 Å². The Morgan fingerprint density at radius 3 is 2.58 bits per heavy atom. The van der Waals surface area contributed by atoms with Crippen LogP contribution in [0.25, 0.3) is 0 Å². The number of carbonyl (C=O) groups is 1. The predicted molar refractivity (Wildman–Crippen MR) is 67.9 cm³/mol. The first kappa shape index (κ1) is 15.5. The van der Waals surface area contributed by atoms with Gasteiger partial charge in [0.25, 0.3) is 5.91 Å². The number of carbonyl (C=O) groups excluding carboxylic acids is 1. The van der Waals surface area contributed by atoms with Crippen LogP contribution in [0.4, 0.5) is 13.2 Å². The van der Waals surface area contributed by atoms with Crippen molar-refractivity contribution in [3.63, 3.8) is 0 Å². The first-order valence-electron chi connectivity index (χ1n) is 6.40. The van der Waals surface area contributed by atoms with Gasteiger partial charge in [0, 0.05) is 12.1 Å². The monoisotopic (exact) mass is 273 g/mol. The van der Waals surface area contributed by atoms with E-state index in [1.54, 1.807) is 0 Å². The van der Waals surface area contributed by atoms with Crippen molar-refractivity contribution in [2.45, 2.75) is 38.8 Å². The zero-order chi connectivity index (χ0) is 14.3. The van der Waals surface area contributed by atoms with Crippen molar-refractivity contribution in [1.82, 2.24) is 5.32 Å². The zero-order valence-corrected chi connectivity index (χ0v) is 10.9. The fourth-order valence-corrected chi connectivity index (χ4v) is 1.69. The molecule has 2 nitrogen and oxygen atoms in total. The predicted octanol–water partition coefficient (Wildman–Crippen LogP) is 4.02. The van der Waals surface area contributed by atoms with E-state index in [1.165, 1.54) is 12.1 Å². The minimum absolute atomic E-state index is 0.0466. The van der Waals surface area contributed by atoms with E-state index in [4.69, 9.17) is 0 Å². The standard InChI is InChI=1S/C14H18F3NO/c1-2-3-4-5-9-18-13(19)11-7-6-8-12(10-11)14(15,16)17/h6-8,10H,2-5,9H2,1H3,(H,18,19). The van der Waals surface area contributed by atoms with E-state index < -0.39 is 17.6 Å². The fourth-order valence-electron chi connectivity index (χ4n) is 1.69. The number of rotatable bonds is 6. The number of alkyl halides is 3. The van der Waals surface area contributed by atoms with Gasteiger partial charge in [-0.15, -0.1) is 0 Å². The van der Waals surface area contributed by atoms with Crippen molar-refractivity contribution in [3.05, 3.63) is 35.4 Å². The molecular weight excluding hydrogens is 255 g/mol. The molecule has 0 aliphatic heterocycles. The molecule has 0 aliphatic carbocycles. The summed E-state index contributed by atoms with van der Waals surface area (Å²) in [6, 6.07) is 4.46. The van der Waals surface area contributed by atoms with Crippen LogP contribution in [0.1, 0.15) is 48.5 Å². The number of hydrogen-bond donors (Lipinski definition) is 1. The molecule has 1 aromatic rings. The van der Waals surface area contributed by atoms with Crippen molar-refractivity contribution in [3.8, 4) is 0 Å². The van der Waals surface area contributed by atoms with Crippen molar-refractivity contribution in [2.75, 3.05) is 6.54 Å². The molecule has 0 heterocycles. The molecule has 0 aromatic heterocycles. The average molecular weight is 273 g/mol. The molecular formula is C14H18F3NO. The minimum Gasteiger partial charge on any atom is -0.352 e. The molecule has 0 saturated heterocycles. The lowest BCUT2D eigenvalue weighted by Gasteiger charge is -2.09. The first-order valence-corrected chi connectivity index (χ1v) is 6.40. The first-order chi connectivity index (χ1) is 8.95. The Kier molecular flexibility index (Phi) is 5.86. The number of halogens is 3. The van der Waals surface area contributed by atoms with E-state index >= 15 is 0 Å². The van der Waals surface area contributed by atoms with Crippen LogP contribution in [-0.4, -0.2) is 12.5 Å². The highest BCUT2D eigenvalue weighted by Gasteiger charge is 2.30. The van der Waals surface area contributed by atoms with Crippen molar-refractivity contribution in [1.29, 1.82) is 0 Å². The van der Waals surface area contributed by atoms with Gasteiger partial charge in [-0.25, -0.2) is 0 Å². The molecule has 106 valence electrons. The van der Waals surface area contributed by atoms with E-state index in [2.05, 4.69) is 12.2 Å². The Balaban J connectivity index is 2.53. The lowest BCUT2D eigenvalue weighted by atomic mass is 10.1. The second-order valence-electron chi connectivity index (χ2n) is 4.40. The summed E-state index contributed by atoms with van der Waals surface area (Å²) in [5.41, 5.74) is -0.753. The largest absolute Gasteiger partial charge is 0.416 e. The second-order valence-corrected chi connectivity index (χ2v) is 4.40. The maximum atomic E-state index is 12.5. The molecule has 0 bridgehead atoms. The lowest BCUT2D eigenvalue weighted by Crippen LogP contribution is -2.24. The smallest absolute Gasteiger partial charge is 0.352 e. The van der Waals surface area contributed by atoms with Gasteiger partial charge in [0.05, 0.1) is 5.56 Å². The van der Waals surface area contributed by atoms with E-state index in [1.807, 2.05) is 0 Å². The third-order valence-corrected chi connectivity index (χ3v) is 2.77. The van der Waals surface area contributed by atoms with Gasteiger partial charge in [-0.2, -0.15) is 13.2 Å². The SMILES string of the molecule is CCCCCCNC(=O)c1cccc(C(F)(F)F)c1. The van der Waals surface area contributed by atoms with Crippen LogP contribution >= 0.6 is 0 Å². The molecule has 0 atom stereocenters. The van der Waals surface area contributed by atoms with E-state index in [-0.39, 0.29) is 5.56 Å². The number of amides is 1. The van der Waals surface area contributed by atoms with Crippen LogP contribution < -0.4 is 5.32 Å². The molecule has 5 heteroatoms. The summed E-state index contributed by atoms with van der Waals surface area (Å²) in [5, 5.41) is 2.63. The molecule has 0 aliphatic rings. The lowest BCUT2D eigenvalue weighted by molar-refractivity contribution is -0.137. The van der Waals surface area contributed by atoms with Crippen molar-refractivity contribution < 1.29 is 18.0 Å². The second kappa shape index (κ2) is 7.16. The molecule has 1 rings (SSSR count). The van der Waals surface area contributed by atoms with Crippen LogP contribution in [0, 0.1) is 0 Å². The summed E-state index contributed by atoms with van der Waals surface area (Å²) in [4.78, 5) is 11.7. The normalized spacial score (nSPS) is 11.4. The van der Waals surface area contributed by atoms with Gasteiger partial charge in [0.15, 0.2) is 0 Å². The van der Waals surface area contributed by atoms with Crippen molar-refractivity contribution >= 4 is 5.91 Å². The summed E-state index contributed by atoms with van der Waals surface area (Å²) in [6.07, 6.45) is -0.365. The molecule has 19 heavy (non-hydrogen) atoms. The third-order valence-electron chi connectivity index (χ3n) is 2.77. The maximum absolute atomic E-state index is 12.5. The molecule has 1 N–H and O–H groups in total. The zero-order valence-electron chi connectivity index (χ0n) is 10.9. The van der Waals surface area contributed by atoms with Crippen molar-refractivity contribution in [2.24, 2.45) is 0 Å². The van der Waals surface area contributed by atoms with Gasteiger partial charge >= 0.3 is 6.18 Å². The molecule has 1 amide bonds. The van der Waals surface area contributed by atoms with Gasteiger partial charge in [-0.05, 0) is 24.6 Å². The third kappa shape index (κ3) is 5.32. The summed E-state index contributed by atoms with van der Waals surface area (Å²) >= 11 is 0. The Labute approximate surface area is 111 Å². The topological polar surface area (TPSA) is 29.1 Å². The van der Waals surface area contributed by atoms with Crippen LogP contribution in [-0.2, 0) is 6.18 Å². The van der Waals surface area contributed by atoms with Gasteiger partial charge in [-0.1, -0.05) is 32.3 Å². The fraction of sp³-hybridized carbons (Fsp3) is 0.500. The Morgan fingerprint density at radius 1 is 1.21 bits per heavy atom. The van der Waals surface area contributed by atoms with Crippen LogP contribution in [0.5, 0.6) is 0 Å². The Morgan fingerprint density at radius 2 is 1.95 bits per heavy atom. The molecule has 0 unspecified atom stereocenters. The van der Waals surface area contributed by atoms with Gasteiger partial charge in [0.2, 0.25) is 0 Å². The van der Waals surface area contributed by atoms with Crippen LogP contribution in [0.3, 0.4) is 0 Å². The van der Waals surface area contributed by atoms with Crippen LogP contribution in [0.2, 0.25) is 0 Å². The molecule has 1 aromatic carbocycles. The molecule has 0 spiro atoms. The number of benzene rings is 1. The highest BCUT2D eigenvalue weighted by Crippen LogP contribution is 2.29. The van der Waals surface area contributed by atoms with Gasteiger partial charge < -0.3 is 5.32 Å². The number of hydrogen-bond acceptors (Lipinski definition) is 1. The molecule has 0 radical (unpaired) electrons. The number of nitrogens with one attached hydrogen (secondary N) is 1. The maximum Gasteiger partial charge on any atom is 0.416 e. The van der Waals surface area contributed by atoms with E-state index in [0.717, 1.165) is 37.8 Å². The average Bonchev–Trinajstić information content (AvgIpc) is 2.37. The highest BCUT2D eigenvalue weighted by atomic mass is 19.4. The summed E-state index contributed by atoms with van der Waals surface area (Å²) in [5.74, 6) is -0.456. The van der Waals surface area contributed by atoms with Gasteiger partial charge in [-0.3, -0.25) is 4.79 Å².